The number of urea groups is 1. The third-order valence-electron chi connectivity index (χ3n) is 12.1. The lowest BCUT2D eigenvalue weighted by Crippen LogP contribution is -2.70. The molecule has 6 aliphatic rings. The van der Waals surface area contributed by atoms with Gasteiger partial charge >= 0.3 is 6.03 Å². The molecular weight excluding hydrogens is 476 g/mol. The Kier molecular flexibility index (Phi) is 7.78. The fourth-order valence-electron chi connectivity index (χ4n) is 10.5. The average Bonchev–Trinajstić information content (AvgIpc) is 2.93. The van der Waals surface area contributed by atoms with Gasteiger partial charge in [-0.25, -0.2) is 4.79 Å². The van der Waals surface area contributed by atoms with E-state index >= 15 is 0 Å². The smallest absolute Gasteiger partial charge is 0.315 e. The van der Waals surface area contributed by atoms with E-state index in [2.05, 4.69) is 10.6 Å². The van der Waals surface area contributed by atoms with Crippen LogP contribution in [-0.4, -0.2) is 60.8 Å². The van der Waals surface area contributed by atoms with Gasteiger partial charge in [0.25, 0.3) is 0 Å². The van der Waals surface area contributed by atoms with E-state index in [0.717, 1.165) is 77.0 Å². The molecule has 0 aromatic heterocycles. The van der Waals surface area contributed by atoms with E-state index < -0.39 is 0 Å². The molecular formula is C31H54N4O3. The summed E-state index contributed by atoms with van der Waals surface area (Å²) < 4.78 is 0. The van der Waals surface area contributed by atoms with E-state index in [9.17, 15) is 15.2 Å². The molecule has 4 saturated carbocycles. The molecule has 2 aliphatic heterocycles. The third kappa shape index (κ3) is 4.92. The van der Waals surface area contributed by atoms with Crippen molar-refractivity contribution in [3.8, 4) is 0 Å². The van der Waals surface area contributed by atoms with Crippen molar-refractivity contribution in [1.29, 1.82) is 0 Å². The zero-order valence-electron chi connectivity index (χ0n) is 23.8. The highest BCUT2D eigenvalue weighted by molar-refractivity contribution is 5.74. The first kappa shape index (κ1) is 27.3. The van der Waals surface area contributed by atoms with Gasteiger partial charge in [-0.15, -0.1) is 0 Å². The molecule has 216 valence electrons. The number of amides is 2. The van der Waals surface area contributed by atoms with Gasteiger partial charge in [0.1, 0.15) is 0 Å². The molecule has 6 fully saturated rings. The number of carbonyl (C=O) groups excluding carboxylic acids is 1. The van der Waals surface area contributed by atoms with Gasteiger partial charge in [-0.2, -0.15) is 10.1 Å². The van der Waals surface area contributed by atoms with Crippen molar-refractivity contribution < 1.29 is 15.2 Å². The van der Waals surface area contributed by atoms with E-state index in [-0.39, 0.29) is 40.3 Å². The molecule has 0 aromatic rings. The molecule has 2 heterocycles. The molecule has 2 amide bonds. The van der Waals surface area contributed by atoms with Crippen molar-refractivity contribution in [3.05, 3.63) is 0 Å². The standard InChI is InChI=1S/C31H54N4O3/c36-27(32-25-21-28(13-5-1-6-14-28)34(37)29(22-25)15-7-2-8-16-29)33-26-23-30(17-9-3-10-18-30)35(38)31(24-26)19-11-4-12-20-31/h25-26,37-38H,1-24H2,(H2,32,33,36). The molecule has 2 saturated heterocycles. The molecule has 4 N–H and O–H groups in total. The largest absolute Gasteiger partial charge is 0.335 e. The Balaban J connectivity index is 1.17. The van der Waals surface area contributed by atoms with Crippen LogP contribution in [0.15, 0.2) is 0 Å². The van der Waals surface area contributed by atoms with Crippen LogP contribution in [0, 0.1) is 0 Å². The number of carbonyl (C=O) groups is 1. The molecule has 4 spiro atoms. The van der Waals surface area contributed by atoms with Crippen molar-refractivity contribution in [2.24, 2.45) is 0 Å². The molecule has 7 nitrogen and oxygen atoms in total. The molecule has 38 heavy (non-hydrogen) atoms. The molecule has 6 rings (SSSR count). The van der Waals surface area contributed by atoms with Crippen molar-refractivity contribution in [1.82, 2.24) is 20.8 Å². The highest BCUT2D eigenvalue weighted by atomic mass is 16.5. The number of nitrogens with zero attached hydrogens (tertiary/aromatic N) is 2. The van der Waals surface area contributed by atoms with Crippen LogP contribution in [0.4, 0.5) is 4.79 Å². The first-order valence-corrected chi connectivity index (χ1v) is 16.5. The van der Waals surface area contributed by atoms with Crippen molar-refractivity contribution in [3.63, 3.8) is 0 Å². The van der Waals surface area contributed by atoms with Crippen LogP contribution in [0.1, 0.15) is 154 Å². The van der Waals surface area contributed by atoms with Crippen LogP contribution >= 0.6 is 0 Å². The second kappa shape index (κ2) is 10.8. The van der Waals surface area contributed by atoms with Crippen LogP contribution in [0.2, 0.25) is 0 Å². The minimum absolute atomic E-state index is 0.0217. The first-order valence-electron chi connectivity index (χ1n) is 16.5. The Hall–Kier alpha value is -0.890. The van der Waals surface area contributed by atoms with E-state index in [1.807, 2.05) is 10.1 Å². The highest BCUT2D eigenvalue weighted by Gasteiger charge is 2.56. The fourth-order valence-corrected chi connectivity index (χ4v) is 10.5. The number of hydrogen-bond acceptors (Lipinski definition) is 5. The number of nitrogens with one attached hydrogen (secondary N) is 2. The lowest BCUT2D eigenvalue weighted by molar-refractivity contribution is -0.281. The summed E-state index contributed by atoms with van der Waals surface area (Å²) in [5, 5.41) is 33.9. The molecule has 7 heteroatoms. The van der Waals surface area contributed by atoms with Gasteiger partial charge in [0, 0.05) is 34.2 Å². The topological polar surface area (TPSA) is 88.1 Å². The predicted molar refractivity (Wildman–Crippen MR) is 148 cm³/mol. The van der Waals surface area contributed by atoms with E-state index in [1.165, 1.54) is 77.0 Å². The van der Waals surface area contributed by atoms with Gasteiger partial charge < -0.3 is 21.0 Å². The lowest BCUT2D eigenvalue weighted by atomic mass is 9.65. The van der Waals surface area contributed by atoms with E-state index in [4.69, 9.17) is 0 Å². The quantitative estimate of drug-likeness (QED) is 0.315. The average molecular weight is 531 g/mol. The Morgan fingerprint density at radius 3 is 0.947 bits per heavy atom. The van der Waals surface area contributed by atoms with Gasteiger partial charge in [-0.1, -0.05) is 77.0 Å². The second-order valence-electron chi connectivity index (χ2n) is 14.6. The fraction of sp³-hybridized carbons (Fsp3) is 0.968. The van der Waals surface area contributed by atoms with Gasteiger partial charge in [0.2, 0.25) is 0 Å². The maximum absolute atomic E-state index is 13.7. The highest BCUT2D eigenvalue weighted by Crippen LogP contribution is 2.52. The lowest BCUT2D eigenvalue weighted by Gasteiger charge is -2.60. The normalized spacial score (nSPS) is 34.9. The molecule has 0 aromatic carbocycles. The van der Waals surface area contributed by atoms with Crippen molar-refractivity contribution in [2.45, 2.75) is 188 Å². The Morgan fingerprint density at radius 2 is 0.711 bits per heavy atom. The van der Waals surface area contributed by atoms with Gasteiger partial charge in [-0.3, -0.25) is 0 Å². The minimum atomic E-state index is -0.174. The Bertz CT molecular complexity index is 703. The van der Waals surface area contributed by atoms with Crippen molar-refractivity contribution in [2.75, 3.05) is 0 Å². The summed E-state index contributed by atoms with van der Waals surface area (Å²) in [5.41, 5.74) is -0.697. The maximum atomic E-state index is 13.7. The monoisotopic (exact) mass is 530 g/mol. The zero-order chi connectivity index (χ0) is 26.3. The second-order valence-corrected chi connectivity index (χ2v) is 14.6. The predicted octanol–water partition coefficient (Wildman–Crippen LogP) is 6.80. The van der Waals surface area contributed by atoms with Crippen LogP contribution in [0.25, 0.3) is 0 Å². The molecule has 0 atom stereocenters. The van der Waals surface area contributed by atoms with Crippen molar-refractivity contribution >= 4 is 6.03 Å². The first-order chi connectivity index (χ1) is 18.4. The Morgan fingerprint density at radius 1 is 0.474 bits per heavy atom. The SMILES string of the molecule is O=C(NC1CC2(CCCCC2)N(O)C2(CCCCC2)C1)NC1CC2(CCCCC2)N(O)C2(CCCCC2)C1. The Labute approximate surface area is 230 Å². The van der Waals surface area contributed by atoms with Crippen LogP contribution in [0.3, 0.4) is 0 Å². The summed E-state index contributed by atoms with van der Waals surface area (Å²) in [6, 6.07) is 0.200. The van der Waals surface area contributed by atoms with E-state index in [0.29, 0.717) is 0 Å². The summed E-state index contributed by atoms with van der Waals surface area (Å²) in [5.74, 6) is 0. The number of rotatable bonds is 2. The summed E-state index contributed by atoms with van der Waals surface area (Å²) >= 11 is 0. The summed E-state index contributed by atoms with van der Waals surface area (Å²) in [4.78, 5) is 13.7. The summed E-state index contributed by atoms with van der Waals surface area (Å²) in [6.45, 7) is 0. The molecule has 0 bridgehead atoms. The number of piperidine rings is 2. The molecule has 0 radical (unpaired) electrons. The van der Waals surface area contributed by atoms with Crippen LogP contribution in [0.5, 0.6) is 0 Å². The van der Waals surface area contributed by atoms with E-state index in [1.54, 1.807) is 0 Å². The number of hydrogen-bond donors (Lipinski definition) is 4. The molecule has 4 aliphatic carbocycles. The number of hydroxylamine groups is 4. The maximum Gasteiger partial charge on any atom is 0.315 e. The zero-order valence-corrected chi connectivity index (χ0v) is 23.8. The summed E-state index contributed by atoms with van der Waals surface area (Å²) in [7, 11) is 0. The molecule has 0 unspecified atom stereocenters. The summed E-state index contributed by atoms with van der Waals surface area (Å²) in [6.07, 6.45) is 26.3. The van der Waals surface area contributed by atoms with Crippen LogP contribution in [-0.2, 0) is 0 Å². The van der Waals surface area contributed by atoms with Crippen LogP contribution < -0.4 is 10.6 Å². The van der Waals surface area contributed by atoms with Gasteiger partial charge in [0.05, 0.1) is 0 Å². The minimum Gasteiger partial charge on any atom is -0.335 e. The van der Waals surface area contributed by atoms with Gasteiger partial charge in [-0.05, 0) is 77.0 Å². The third-order valence-corrected chi connectivity index (χ3v) is 12.1. The van der Waals surface area contributed by atoms with Gasteiger partial charge in [0.15, 0.2) is 0 Å².